The number of alkyl carbamates (subject to hydrolysis) is 1. The number of aromatic nitrogens is 5. The molecule has 3 aromatic heterocycles. The third-order valence-corrected chi connectivity index (χ3v) is 5.59. The van der Waals surface area contributed by atoms with Gasteiger partial charge >= 0.3 is 18.6 Å². The number of carbonyl (C=O) groups is 1. The molecule has 3 aromatic rings. The SMILES string of the molecule is CC(C)NC(=O)O[C@H]1CC[C@@H](c2cc(Nc3nc(C(F)(F)F)cn4nc(COC(F)(F)F)cc34)n[nH]2)[C@H]1F. The number of halogens is 7. The molecule has 0 spiro atoms. The Morgan fingerprint density at radius 1 is 1.21 bits per heavy atom. The Hall–Kier alpha value is -3.63. The van der Waals surface area contributed by atoms with Crippen LogP contribution >= 0.6 is 0 Å². The number of ether oxygens (including phenoxy) is 2. The van der Waals surface area contributed by atoms with Gasteiger partial charge in [-0.1, -0.05) is 0 Å². The van der Waals surface area contributed by atoms with Gasteiger partial charge in [0.05, 0.1) is 11.9 Å². The Bertz CT molecular complexity index is 1290. The maximum atomic E-state index is 15.0. The van der Waals surface area contributed by atoms with Crippen molar-refractivity contribution in [3.8, 4) is 0 Å². The first-order chi connectivity index (χ1) is 17.7. The van der Waals surface area contributed by atoms with E-state index in [2.05, 4.69) is 35.7 Å². The molecule has 1 aliphatic carbocycles. The molecule has 208 valence electrons. The van der Waals surface area contributed by atoms with Crippen LogP contribution in [-0.2, 0) is 22.3 Å². The summed E-state index contributed by atoms with van der Waals surface area (Å²) in [5.74, 6) is -1.17. The first kappa shape index (κ1) is 27.4. The summed E-state index contributed by atoms with van der Waals surface area (Å²) in [4.78, 5) is 15.3. The summed E-state index contributed by atoms with van der Waals surface area (Å²) in [6.45, 7) is 2.41. The van der Waals surface area contributed by atoms with E-state index in [1.165, 1.54) is 6.07 Å². The van der Waals surface area contributed by atoms with Crippen LogP contribution in [0.5, 0.6) is 0 Å². The van der Waals surface area contributed by atoms with Gasteiger partial charge < -0.3 is 15.4 Å². The van der Waals surface area contributed by atoms with Crippen LogP contribution in [0.3, 0.4) is 0 Å². The molecule has 0 aliphatic heterocycles. The van der Waals surface area contributed by atoms with Gasteiger partial charge in [-0.15, -0.1) is 13.2 Å². The number of aromatic amines is 1. The van der Waals surface area contributed by atoms with Crippen molar-refractivity contribution in [1.82, 2.24) is 30.1 Å². The van der Waals surface area contributed by atoms with Crippen molar-refractivity contribution in [2.45, 2.75) is 70.1 Å². The van der Waals surface area contributed by atoms with Crippen molar-refractivity contribution in [2.24, 2.45) is 0 Å². The van der Waals surface area contributed by atoms with Crippen LogP contribution < -0.4 is 10.6 Å². The zero-order valence-corrected chi connectivity index (χ0v) is 19.8. The number of anilines is 2. The van der Waals surface area contributed by atoms with E-state index >= 15 is 4.39 Å². The molecule has 38 heavy (non-hydrogen) atoms. The Balaban J connectivity index is 1.54. The number of rotatable bonds is 7. The van der Waals surface area contributed by atoms with Crippen LogP contribution in [0.2, 0.25) is 0 Å². The maximum Gasteiger partial charge on any atom is 0.522 e. The monoisotopic (exact) mass is 553 g/mol. The Morgan fingerprint density at radius 3 is 2.61 bits per heavy atom. The fourth-order valence-electron chi connectivity index (χ4n) is 3.99. The Morgan fingerprint density at radius 2 is 1.95 bits per heavy atom. The van der Waals surface area contributed by atoms with Gasteiger partial charge in [0.2, 0.25) is 0 Å². The van der Waals surface area contributed by atoms with Gasteiger partial charge in [0.25, 0.3) is 0 Å². The lowest BCUT2D eigenvalue weighted by atomic mass is 10.0. The van der Waals surface area contributed by atoms with Crippen LogP contribution in [0.15, 0.2) is 18.3 Å². The van der Waals surface area contributed by atoms with E-state index in [0.717, 1.165) is 10.6 Å². The van der Waals surface area contributed by atoms with E-state index in [4.69, 9.17) is 4.74 Å². The largest absolute Gasteiger partial charge is 0.522 e. The van der Waals surface area contributed by atoms with Gasteiger partial charge in [-0.3, -0.25) is 9.84 Å². The highest BCUT2D eigenvalue weighted by molar-refractivity contribution is 5.72. The minimum Gasteiger partial charge on any atom is -0.443 e. The minimum atomic E-state index is -4.96. The van der Waals surface area contributed by atoms with E-state index in [9.17, 15) is 31.1 Å². The highest BCUT2D eigenvalue weighted by atomic mass is 19.4. The van der Waals surface area contributed by atoms with Gasteiger partial charge in [-0.2, -0.15) is 23.4 Å². The molecular formula is C21H22F7N7O3. The lowest BCUT2D eigenvalue weighted by molar-refractivity contribution is -0.330. The second-order valence-corrected chi connectivity index (χ2v) is 8.88. The summed E-state index contributed by atoms with van der Waals surface area (Å²) in [5, 5.41) is 15.3. The van der Waals surface area contributed by atoms with Crippen molar-refractivity contribution >= 4 is 23.2 Å². The molecule has 1 aliphatic rings. The Labute approximate surface area is 209 Å². The van der Waals surface area contributed by atoms with Crippen LogP contribution in [0.25, 0.3) is 5.52 Å². The first-order valence-electron chi connectivity index (χ1n) is 11.3. The van der Waals surface area contributed by atoms with E-state index < -0.39 is 54.9 Å². The third kappa shape index (κ3) is 6.43. The molecule has 0 bridgehead atoms. The molecule has 3 N–H and O–H groups in total. The van der Waals surface area contributed by atoms with Crippen molar-refractivity contribution in [3.05, 3.63) is 35.4 Å². The molecule has 10 nitrogen and oxygen atoms in total. The van der Waals surface area contributed by atoms with E-state index in [0.29, 0.717) is 18.3 Å². The van der Waals surface area contributed by atoms with Crippen LogP contribution in [0.4, 0.5) is 47.2 Å². The summed E-state index contributed by atoms with van der Waals surface area (Å²) in [6, 6.07) is 2.24. The van der Waals surface area contributed by atoms with Gasteiger partial charge in [0.15, 0.2) is 17.3 Å². The van der Waals surface area contributed by atoms with Gasteiger partial charge in [0, 0.05) is 23.7 Å². The molecule has 1 amide bonds. The van der Waals surface area contributed by atoms with Gasteiger partial charge in [-0.05, 0) is 32.8 Å². The zero-order valence-electron chi connectivity index (χ0n) is 19.8. The average molecular weight is 553 g/mol. The number of nitrogens with zero attached hydrogens (tertiary/aromatic N) is 4. The second kappa shape index (κ2) is 10.3. The fourth-order valence-corrected chi connectivity index (χ4v) is 3.99. The number of carbonyl (C=O) groups excluding carboxylic acids is 1. The predicted molar refractivity (Wildman–Crippen MR) is 116 cm³/mol. The number of hydrogen-bond donors (Lipinski definition) is 3. The van der Waals surface area contributed by atoms with E-state index in [1.807, 2.05) is 0 Å². The van der Waals surface area contributed by atoms with Gasteiger partial charge in [0.1, 0.15) is 24.4 Å². The molecule has 3 heterocycles. The Kier molecular flexibility index (Phi) is 7.40. The number of amides is 1. The number of H-pyrrole nitrogens is 1. The number of hydrogen-bond acceptors (Lipinski definition) is 7. The normalized spacial score (nSPS) is 20.3. The standard InChI is InChI=1S/C21H22F7N7O3/c1-9(2)29-19(36)38-14-4-3-11(17(14)22)12-6-16(33-32-12)31-18-13-5-10(8-37-21(26,27)28)34-35(13)7-15(30-18)20(23,24)25/h5-7,9,11,14,17H,3-4,8H2,1-2H3,(H,29,36)(H2,30,31,32,33)/t11-,14-,17+/m0/s1. The highest BCUT2D eigenvalue weighted by Crippen LogP contribution is 2.39. The summed E-state index contributed by atoms with van der Waals surface area (Å²) in [7, 11) is 0. The molecule has 0 saturated heterocycles. The third-order valence-electron chi connectivity index (χ3n) is 5.59. The maximum absolute atomic E-state index is 15.0. The molecule has 1 fully saturated rings. The number of fused-ring (bicyclic) bond motifs is 1. The molecule has 1 saturated carbocycles. The van der Waals surface area contributed by atoms with Crippen LogP contribution in [0, 0.1) is 0 Å². The highest BCUT2D eigenvalue weighted by Gasteiger charge is 2.41. The van der Waals surface area contributed by atoms with Crippen LogP contribution in [-0.4, -0.2) is 55.6 Å². The molecule has 0 aromatic carbocycles. The minimum absolute atomic E-state index is 0.0304. The quantitative estimate of drug-likeness (QED) is 0.354. The van der Waals surface area contributed by atoms with E-state index in [1.54, 1.807) is 13.8 Å². The smallest absolute Gasteiger partial charge is 0.443 e. The topological polar surface area (TPSA) is 118 Å². The van der Waals surface area contributed by atoms with Crippen molar-refractivity contribution in [1.29, 1.82) is 0 Å². The van der Waals surface area contributed by atoms with Crippen molar-refractivity contribution in [2.75, 3.05) is 5.32 Å². The number of alkyl halides is 7. The summed E-state index contributed by atoms with van der Waals surface area (Å²) in [6.07, 6.45) is -12.1. The predicted octanol–water partition coefficient (Wildman–Crippen LogP) is 4.97. The fraction of sp³-hybridized carbons (Fsp3) is 0.524. The van der Waals surface area contributed by atoms with E-state index in [-0.39, 0.29) is 29.5 Å². The summed E-state index contributed by atoms with van der Waals surface area (Å²) in [5.41, 5.74) is -1.45. The van der Waals surface area contributed by atoms with Crippen molar-refractivity contribution in [3.63, 3.8) is 0 Å². The average Bonchev–Trinajstić information content (AvgIpc) is 3.50. The summed E-state index contributed by atoms with van der Waals surface area (Å²) < 4.78 is 102. The molecule has 3 atom stereocenters. The lowest BCUT2D eigenvalue weighted by Gasteiger charge is -2.18. The van der Waals surface area contributed by atoms with Crippen molar-refractivity contribution < 1.29 is 45.0 Å². The molecule has 0 radical (unpaired) electrons. The zero-order chi connectivity index (χ0) is 27.8. The molecule has 0 unspecified atom stereocenters. The van der Waals surface area contributed by atoms with Gasteiger partial charge in [-0.25, -0.2) is 18.7 Å². The number of nitrogens with one attached hydrogen (secondary N) is 3. The second-order valence-electron chi connectivity index (χ2n) is 8.88. The molecular weight excluding hydrogens is 531 g/mol. The molecule has 17 heteroatoms. The van der Waals surface area contributed by atoms with Crippen LogP contribution in [0.1, 0.15) is 49.7 Å². The molecule has 4 rings (SSSR count). The first-order valence-corrected chi connectivity index (χ1v) is 11.3. The lowest BCUT2D eigenvalue weighted by Crippen LogP contribution is -2.36. The summed E-state index contributed by atoms with van der Waals surface area (Å²) >= 11 is 0.